The Morgan fingerprint density at radius 2 is 1.92 bits per heavy atom. The van der Waals surface area contributed by atoms with Crippen LogP contribution in [-0.4, -0.2) is 60.5 Å². The second kappa shape index (κ2) is 16.0. The van der Waals surface area contributed by atoms with Crippen LogP contribution in [0.4, 0.5) is 0 Å². The van der Waals surface area contributed by atoms with Gasteiger partial charge < -0.3 is 32.6 Å². The number of nitrogens with zero attached hydrogens (tertiary/aromatic N) is 1. The second-order valence-electron chi connectivity index (χ2n) is 9.03. The van der Waals surface area contributed by atoms with Gasteiger partial charge in [0.1, 0.15) is 18.4 Å². The van der Waals surface area contributed by atoms with Gasteiger partial charge in [0, 0.05) is 25.4 Å². The van der Waals surface area contributed by atoms with E-state index in [0.717, 1.165) is 5.56 Å². The van der Waals surface area contributed by atoms with Gasteiger partial charge in [0.05, 0.1) is 11.7 Å². The fraction of sp³-hybridized carbons (Fsp3) is 0.500. The third kappa shape index (κ3) is 11.4. The SMILES string of the molecule is CC(CCCN=C(N)N)NC(=O)C1Cc2ccc(cc2)OC/C=C/CC(N)C(=O)CC(P(P)P)C(=O)N1. The highest BCUT2D eigenvalue weighted by molar-refractivity contribution is 8.43. The van der Waals surface area contributed by atoms with Gasteiger partial charge in [-0.15, -0.1) is 17.9 Å². The molecule has 0 aromatic heterocycles. The molecule has 2 amide bonds. The van der Waals surface area contributed by atoms with Gasteiger partial charge in [-0.25, -0.2) is 0 Å². The highest BCUT2D eigenvalue weighted by atomic mass is 32.4. The van der Waals surface area contributed by atoms with Crippen LogP contribution in [0.25, 0.3) is 0 Å². The molecule has 1 aromatic carbocycles. The Bertz CT molecular complexity index is 970. The van der Waals surface area contributed by atoms with Crippen molar-refractivity contribution < 1.29 is 19.1 Å². The smallest absolute Gasteiger partial charge is 0.243 e. The number of benzene rings is 1. The van der Waals surface area contributed by atoms with E-state index in [1.54, 1.807) is 0 Å². The van der Waals surface area contributed by atoms with Crippen molar-refractivity contribution in [3.8, 4) is 5.75 Å². The first-order chi connectivity index (χ1) is 17.6. The molecule has 8 N–H and O–H groups in total. The van der Waals surface area contributed by atoms with Gasteiger partial charge in [0.2, 0.25) is 11.8 Å². The van der Waals surface area contributed by atoms with E-state index in [1.165, 1.54) is 0 Å². The lowest BCUT2D eigenvalue weighted by Crippen LogP contribution is -2.52. The molecule has 3 rings (SSSR count). The van der Waals surface area contributed by atoms with Crippen LogP contribution in [0, 0.1) is 0 Å². The summed E-state index contributed by atoms with van der Waals surface area (Å²) in [5.74, 6) is -0.143. The molecule has 37 heavy (non-hydrogen) atoms. The first kappa shape index (κ1) is 31.1. The van der Waals surface area contributed by atoms with E-state index in [2.05, 4.69) is 33.5 Å². The van der Waals surface area contributed by atoms with Crippen LogP contribution in [0.2, 0.25) is 0 Å². The van der Waals surface area contributed by atoms with E-state index in [0.29, 0.717) is 38.2 Å². The number of rotatable bonds is 7. The van der Waals surface area contributed by atoms with Gasteiger partial charge in [-0.2, -0.15) is 0 Å². The number of carbonyl (C=O) groups excluding carboxylic acids is 3. The number of ether oxygens (including phenoxy) is 1. The van der Waals surface area contributed by atoms with Crippen molar-refractivity contribution in [1.29, 1.82) is 0 Å². The quantitative estimate of drug-likeness (QED) is 0.108. The van der Waals surface area contributed by atoms with Crippen molar-refractivity contribution in [1.82, 2.24) is 10.6 Å². The molecule has 0 fully saturated rings. The first-order valence-electron chi connectivity index (χ1n) is 12.2. The Morgan fingerprint density at radius 3 is 2.57 bits per heavy atom. The Hall–Kier alpha value is -2.11. The molecule has 0 aliphatic carbocycles. The predicted octanol–water partition coefficient (Wildman–Crippen LogP) is 1.33. The summed E-state index contributed by atoms with van der Waals surface area (Å²) in [6.45, 7) is 2.70. The predicted molar refractivity (Wildman–Crippen MR) is 157 cm³/mol. The zero-order chi connectivity index (χ0) is 27.4. The number of hydrogen-bond donors (Lipinski definition) is 5. The summed E-state index contributed by atoms with van der Waals surface area (Å²) in [5.41, 5.74) is 17.0. The van der Waals surface area contributed by atoms with E-state index < -0.39 is 25.0 Å². The summed E-state index contributed by atoms with van der Waals surface area (Å²) in [7, 11) is 4.25. The Balaban J connectivity index is 2.23. The van der Waals surface area contributed by atoms with Crippen LogP contribution < -0.4 is 32.6 Å². The Morgan fingerprint density at radius 1 is 1.22 bits per heavy atom. The number of amides is 2. The van der Waals surface area contributed by atoms with Crippen LogP contribution in [0.3, 0.4) is 0 Å². The van der Waals surface area contributed by atoms with Crippen molar-refractivity contribution in [2.24, 2.45) is 22.2 Å². The average molecular weight is 569 g/mol. The number of ketones is 1. The molecular formula is C24H39N6O4P3. The zero-order valence-corrected chi connectivity index (χ0v) is 24.3. The maximum Gasteiger partial charge on any atom is 0.243 e. The molecule has 2 aliphatic heterocycles. The van der Waals surface area contributed by atoms with Crippen LogP contribution in [0.15, 0.2) is 41.4 Å². The summed E-state index contributed by atoms with van der Waals surface area (Å²) in [6.07, 6.45) is 5.63. The van der Waals surface area contributed by atoms with E-state index >= 15 is 0 Å². The third-order valence-corrected chi connectivity index (χ3v) is 9.14. The van der Waals surface area contributed by atoms with Crippen LogP contribution in [-0.2, 0) is 20.8 Å². The van der Waals surface area contributed by atoms with Gasteiger partial charge in [0.15, 0.2) is 11.7 Å². The molecule has 10 nitrogen and oxygen atoms in total. The van der Waals surface area contributed by atoms with Gasteiger partial charge in [-0.05, 0) is 43.9 Å². The lowest BCUT2D eigenvalue weighted by atomic mass is 10.0. The normalized spacial score (nSPS) is 22.9. The molecule has 6 atom stereocenters. The molecular weight excluding hydrogens is 529 g/mol. The van der Waals surface area contributed by atoms with Crippen LogP contribution in [0.1, 0.15) is 38.2 Å². The number of fused-ring (bicyclic) bond motifs is 13. The zero-order valence-electron chi connectivity index (χ0n) is 21.1. The minimum Gasteiger partial charge on any atom is -0.490 e. The minimum atomic E-state index is -0.967. The second-order valence-corrected chi connectivity index (χ2v) is 15.9. The lowest BCUT2D eigenvalue weighted by Gasteiger charge is -2.26. The summed E-state index contributed by atoms with van der Waals surface area (Å²) in [4.78, 5) is 43.3. The fourth-order valence-corrected chi connectivity index (χ4v) is 5.90. The molecule has 13 heteroatoms. The minimum absolute atomic E-state index is 0.000119. The molecule has 0 spiro atoms. The molecule has 6 unspecified atom stereocenters. The molecule has 0 saturated heterocycles. The summed E-state index contributed by atoms with van der Waals surface area (Å²) >= 11 is 0. The Kier molecular flexibility index (Phi) is 13.4. The number of nitrogens with two attached hydrogens (primary N) is 3. The topological polar surface area (TPSA) is 175 Å². The number of Topliss-reactive ketones (excluding diaryl/α,β-unsaturated/α-hetero) is 1. The van der Waals surface area contributed by atoms with Crippen LogP contribution >= 0.6 is 25.2 Å². The van der Waals surface area contributed by atoms with Gasteiger partial charge >= 0.3 is 0 Å². The van der Waals surface area contributed by atoms with E-state index in [9.17, 15) is 14.4 Å². The number of carbonyl (C=O) groups is 3. The molecule has 1 aromatic rings. The van der Waals surface area contributed by atoms with Crippen LogP contribution in [0.5, 0.6) is 5.75 Å². The van der Waals surface area contributed by atoms with E-state index in [4.69, 9.17) is 21.9 Å². The third-order valence-electron chi connectivity index (χ3n) is 5.85. The van der Waals surface area contributed by atoms with Crippen molar-refractivity contribution in [2.45, 2.75) is 62.8 Å². The highest BCUT2D eigenvalue weighted by Gasteiger charge is 2.31. The molecule has 2 aliphatic rings. The maximum atomic E-state index is 13.3. The largest absolute Gasteiger partial charge is 0.490 e. The summed E-state index contributed by atoms with van der Waals surface area (Å²) < 4.78 is 5.71. The van der Waals surface area contributed by atoms with Gasteiger partial charge in [0.25, 0.3) is 0 Å². The monoisotopic (exact) mass is 568 g/mol. The Labute approximate surface area is 224 Å². The molecule has 0 radical (unpaired) electrons. The molecule has 2 bridgehead atoms. The number of guanidine groups is 1. The summed E-state index contributed by atoms with van der Waals surface area (Å²) in [6, 6.07) is 5.70. The molecule has 204 valence electrons. The van der Waals surface area contributed by atoms with Gasteiger partial charge in [-0.1, -0.05) is 31.6 Å². The van der Waals surface area contributed by atoms with Gasteiger partial charge in [-0.3, -0.25) is 19.4 Å². The number of hydrogen-bond acceptors (Lipinski definition) is 6. The highest BCUT2D eigenvalue weighted by Crippen LogP contribution is 2.58. The molecule has 2 heterocycles. The van der Waals surface area contributed by atoms with E-state index in [-0.39, 0.29) is 42.4 Å². The van der Waals surface area contributed by atoms with Crippen molar-refractivity contribution in [3.63, 3.8) is 0 Å². The maximum absolute atomic E-state index is 13.3. The number of nitrogens with one attached hydrogen (secondary N) is 2. The fourth-order valence-electron chi connectivity index (χ4n) is 3.72. The summed E-state index contributed by atoms with van der Waals surface area (Å²) in [5, 5.41) is 5.88. The number of aliphatic imine (C=N–C) groups is 1. The van der Waals surface area contributed by atoms with Crippen molar-refractivity contribution >= 4 is 48.7 Å². The standard InChI is InChI=1S/C24H39N6O4P3/c1-15(5-4-11-28-24(26)27)29-22(32)19-13-16-7-9-17(10-8-16)34-12-3-2-6-18(25)20(31)14-21(37(35)36)23(33)30-19/h2-3,7-10,15,18-19,21H,4-6,11-14,25,35-36H2,1H3,(H,29,32)(H,30,33)(H4,26,27,28)/b3-2+. The average Bonchev–Trinajstić information content (AvgIpc) is 2.84. The lowest BCUT2D eigenvalue weighted by molar-refractivity contribution is -0.130. The van der Waals surface area contributed by atoms with Crippen molar-refractivity contribution in [3.05, 3.63) is 42.0 Å². The molecule has 0 saturated carbocycles. The van der Waals surface area contributed by atoms with Crippen molar-refractivity contribution in [2.75, 3.05) is 13.2 Å². The first-order valence-corrected chi connectivity index (χ1v) is 16.8. The van der Waals surface area contributed by atoms with E-state index in [1.807, 2.05) is 43.3 Å².